The van der Waals surface area contributed by atoms with Crippen LogP contribution in [0.4, 0.5) is 5.69 Å². The quantitative estimate of drug-likeness (QED) is 0.173. The van der Waals surface area contributed by atoms with Crippen LogP contribution in [0, 0.1) is 17.2 Å². The topological polar surface area (TPSA) is 98.1 Å². The van der Waals surface area contributed by atoms with Crippen molar-refractivity contribution in [3.05, 3.63) is 41.3 Å². The van der Waals surface area contributed by atoms with Crippen molar-refractivity contribution in [1.82, 2.24) is 0 Å². The summed E-state index contributed by atoms with van der Waals surface area (Å²) in [5.74, 6) is 7.25. The molecule has 0 saturated heterocycles. The number of anilines is 1. The van der Waals surface area contributed by atoms with E-state index in [2.05, 4.69) is 60.9 Å². The number of aliphatic hydroxyl groups excluding tert-OH is 1. The molecule has 29 heavy (non-hydrogen) atoms. The molecule has 6 nitrogen and oxygen atoms in total. The number of unbranched alkanes of at least 4 members (excludes halogenated alkanes) is 1. The maximum Gasteiger partial charge on any atom is 0.151 e. The van der Waals surface area contributed by atoms with E-state index < -0.39 is 0 Å². The summed E-state index contributed by atoms with van der Waals surface area (Å²) in [6.07, 6.45) is 7.12. The molecule has 1 saturated carbocycles. The molecule has 0 heterocycles. The Morgan fingerprint density at radius 3 is 2.41 bits per heavy atom. The largest absolute Gasteiger partial charge is 0.505 e. The fraction of sp³-hybridized carbons (Fsp3) is 0.522. The highest BCUT2D eigenvalue weighted by molar-refractivity contribution is 6.07. The van der Waals surface area contributed by atoms with E-state index in [9.17, 15) is 5.11 Å². The lowest BCUT2D eigenvalue weighted by Gasteiger charge is -2.30. The summed E-state index contributed by atoms with van der Waals surface area (Å²) in [4.78, 5) is 6.71. The van der Waals surface area contributed by atoms with Gasteiger partial charge in [-0.05, 0) is 30.4 Å². The number of allylic oxidation sites excluding steroid dienone is 1. The third kappa shape index (κ3) is 5.46. The molecule has 0 spiro atoms. The molecule has 2 rings (SSSR count). The van der Waals surface area contributed by atoms with Crippen molar-refractivity contribution in [2.45, 2.75) is 59.8 Å². The lowest BCUT2D eigenvalue weighted by Crippen LogP contribution is -2.36. The van der Waals surface area contributed by atoms with Gasteiger partial charge in [0.2, 0.25) is 0 Å². The number of aliphatic hydroxyl groups is 1. The Labute approximate surface area is 174 Å². The van der Waals surface area contributed by atoms with E-state index in [1.807, 2.05) is 0 Å². The van der Waals surface area contributed by atoms with E-state index in [1.54, 1.807) is 0 Å². The van der Waals surface area contributed by atoms with E-state index in [0.717, 1.165) is 56.4 Å². The average Bonchev–Trinajstić information content (AvgIpc) is 3.37. The minimum atomic E-state index is -0.135. The molecule has 6 heteroatoms. The second-order valence-corrected chi connectivity index (χ2v) is 7.54. The number of nitrogens with one attached hydrogen (secondary N) is 1. The summed E-state index contributed by atoms with van der Waals surface area (Å²) in [6.45, 7) is 9.45. The zero-order chi connectivity index (χ0) is 21.4. The lowest BCUT2D eigenvalue weighted by atomic mass is 10.0. The SMILES string of the molecule is CCCC/C(=N/N)N(CC1/C(=N\C=C(\O)C=N)C1C)c1c(CC)cccc1CC. The summed E-state index contributed by atoms with van der Waals surface area (Å²) in [6, 6.07) is 6.50. The van der Waals surface area contributed by atoms with Gasteiger partial charge in [0.25, 0.3) is 0 Å². The van der Waals surface area contributed by atoms with E-state index in [1.165, 1.54) is 23.0 Å². The van der Waals surface area contributed by atoms with Gasteiger partial charge in [-0.15, -0.1) is 0 Å². The highest BCUT2D eigenvalue weighted by atomic mass is 16.3. The fourth-order valence-corrected chi connectivity index (χ4v) is 3.78. The normalized spacial score (nSPS) is 20.8. The van der Waals surface area contributed by atoms with Gasteiger partial charge in [-0.1, -0.05) is 52.3 Å². The van der Waals surface area contributed by atoms with Gasteiger partial charge in [0.05, 0.1) is 12.4 Å². The van der Waals surface area contributed by atoms with Gasteiger partial charge < -0.3 is 21.3 Å². The number of aliphatic imine (C=N–C) groups is 1. The summed E-state index contributed by atoms with van der Waals surface area (Å²) in [5, 5.41) is 20.8. The number of aryl methyl sites for hydroxylation is 2. The second kappa shape index (κ2) is 10.8. The van der Waals surface area contributed by atoms with Crippen LogP contribution in [0.25, 0.3) is 0 Å². The van der Waals surface area contributed by atoms with Crippen LogP contribution in [0.5, 0.6) is 0 Å². The molecule has 2 atom stereocenters. The van der Waals surface area contributed by atoms with Gasteiger partial charge in [0.15, 0.2) is 5.76 Å². The Kier molecular flexibility index (Phi) is 8.43. The molecule has 0 aromatic heterocycles. The number of para-hydroxylation sites is 1. The Morgan fingerprint density at radius 1 is 1.24 bits per heavy atom. The average molecular weight is 398 g/mol. The van der Waals surface area contributed by atoms with E-state index in [4.69, 9.17) is 11.3 Å². The predicted molar refractivity (Wildman–Crippen MR) is 123 cm³/mol. The first-order valence-electron chi connectivity index (χ1n) is 10.6. The van der Waals surface area contributed by atoms with Crippen LogP contribution >= 0.6 is 0 Å². The molecule has 0 amide bonds. The van der Waals surface area contributed by atoms with Crippen LogP contribution in [-0.4, -0.2) is 29.4 Å². The zero-order valence-electron chi connectivity index (χ0n) is 18.2. The summed E-state index contributed by atoms with van der Waals surface area (Å²) in [7, 11) is 0. The van der Waals surface area contributed by atoms with Crippen LogP contribution < -0.4 is 10.7 Å². The van der Waals surface area contributed by atoms with E-state index >= 15 is 0 Å². The molecule has 1 aromatic rings. The molecule has 1 aliphatic rings. The number of nitrogens with two attached hydrogens (primary N) is 1. The van der Waals surface area contributed by atoms with E-state index in [-0.39, 0.29) is 11.7 Å². The molecule has 0 aliphatic heterocycles. The van der Waals surface area contributed by atoms with Crippen LogP contribution in [0.2, 0.25) is 0 Å². The third-order valence-electron chi connectivity index (χ3n) is 5.66. The van der Waals surface area contributed by atoms with Gasteiger partial charge in [-0.25, -0.2) is 0 Å². The highest BCUT2D eigenvalue weighted by Crippen LogP contribution is 2.38. The van der Waals surface area contributed by atoms with Gasteiger partial charge >= 0.3 is 0 Å². The molecule has 1 aromatic carbocycles. The van der Waals surface area contributed by atoms with Crippen molar-refractivity contribution < 1.29 is 5.11 Å². The van der Waals surface area contributed by atoms with Crippen molar-refractivity contribution in [3.63, 3.8) is 0 Å². The van der Waals surface area contributed by atoms with Crippen LogP contribution in [0.3, 0.4) is 0 Å². The molecular weight excluding hydrogens is 362 g/mol. The van der Waals surface area contributed by atoms with Crippen molar-refractivity contribution in [3.8, 4) is 0 Å². The number of hydrogen-bond donors (Lipinski definition) is 3. The maximum absolute atomic E-state index is 9.49. The molecule has 4 N–H and O–H groups in total. The first kappa shape index (κ1) is 22.7. The van der Waals surface area contributed by atoms with Gasteiger partial charge in [0, 0.05) is 36.2 Å². The monoisotopic (exact) mass is 397 g/mol. The zero-order valence-corrected chi connectivity index (χ0v) is 18.2. The van der Waals surface area contributed by atoms with Gasteiger partial charge in [0.1, 0.15) is 5.84 Å². The van der Waals surface area contributed by atoms with Crippen LogP contribution in [0.1, 0.15) is 58.1 Å². The maximum atomic E-state index is 9.49. The Hall–Kier alpha value is -2.63. The molecule has 2 unspecified atom stereocenters. The Morgan fingerprint density at radius 2 is 1.90 bits per heavy atom. The van der Waals surface area contributed by atoms with Crippen LogP contribution in [0.15, 0.2) is 40.3 Å². The van der Waals surface area contributed by atoms with Crippen molar-refractivity contribution >= 4 is 23.4 Å². The Balaban J connectivity index is 2.42. The molecule has 1 fully saturated rings. The van der Waals surface area contributed by atoms with Crippen molar-refractivity contribution in [1.29, 1.82) is 5.41 Å². The number of nitrogens with zero attached hydrogens (tertiary/aromatic N) is 3. The summed E-state index contributed by atoms with van der Waals surface area (Å²) < 4.78 is 0. The summed E-state index contributed by atoms with van der Waals surface area (Å²) in [5.41, 5.74) is 4.88. The predicted octanol–water partition coefficient (Wildman–Crippen LogP) is 4.84. The molecule has 158 valence electrons. The minimum absolute atomic E-state index is 0.135. The van der Waals surface area contributed by atoms with Crippen molar-refractivity contribution in [2.24, 2.45) is 27.8 Å². The smallest absolute Gasteiger partial charge is 0.151 e. The Bertz CT molecular complexity index is 774. The number of hydrazone groups is 1. The van der Waals surface area contributed by atoms with Gasteiger partial charge in [-0.2, -0.15) is 5.10 Å². The molecule has 0 radical (unpaired) electrons. The van der Waals surface area contributed by atoms with E-state index in [0.29, 0.717) is 5.92 Å². The number of rotatable bonds is 10. The van der Waals surface area contributed by atoms with Crippen molar-refractivity contribution in [2.75, 3.05) is 11.4 Å². The lowest BCUT2D eigenvalue weighted by molar-refractivity contribution is 0.444. The third-order valence-corrected chi connectivity index (χ3v) is 5.66. The first-order chi connectivity index (χ1) is 14.0. The highest BCUT2D eigenvalue weighted by Gasteiger charge is 2.44. The van der Waals surface area contributed by atoms with Crippen LogP contribution in [-0.2, 0) is 12.8 Å². The fourth-order valence-electron chi connectivity index (χ4n) is 3.78. The second-order valence-electron chi connectivity index (χ2n) is 7.54. The number of benzene rings is 1. The standard InChI is InChI=1S/C23H35N5O/c1-5-8-12-21(27-25)28(23-17(6-2)10-9-11-18(23)7-3)15-20-16(4)22(20)26-14-19(29)13-24/h9-11,13-14,16,20,24,29H,5-8,12,15,25H2,1-4H3/b19-14+,24-13?,26-22-,27-21-. The number of hydrogen-bond acceptors (Lipinski definition) is 5. The number of amidine groups is 1. The first-order valence-corrected chi connectivity index (χ1v) is 10.6. The minimum Gasteiger partial charge on any atom is -0.505 e. The summed E-state index contributed by atoms with van der Waals surface area (Å²) >= 11 is 0. The molecular formula is C23H35N5O. The van der Waals surface area contributed by atoms with Gasteiger partial charge in [-0.3, -0.25) is 4.99 Å². The molecule has 0 bridgehead atoms. The molecule has 1 aliphatic carbocycles.